The third-order valence-electron chi connectivity index (χ3n) is 15.6. The Labute approximate surface area is 486 Å². The third kappa shape index (κ3) is 43.4. The Balaban J connectivity index is 3.41. The molecule has 1 aliphatic rings. The zero-order chi connectivity index (χ0) is 58.4. The van der Waals surface area contributed by atoms with E-state index in [0.717, 1.165) is 69.9 Å². The molecule has 79 heavy (non-hydrogen) atoms. The molecule has 1 unspecified atom stereocenters. The zero-order valence-electron chi connectivity index (χ0n) is 52.9. The summed E-state index contributed by atoms with van der Waals surface area (Å²) in [5, 5.41) is 15.3. The van der Waals surface area contributed by atoms with E-state index >= 15 is 0 Å². The van der Waals surface area contributed by atoms with Crippen molar-refractivity contribution in [1.82, 2.24) is 5.32 Å². The maximum absolute atomic E-state index is 14.5. The quantitative estimate of drug-likeness (QED) is 0.0195. The van der Waals surface area contributed by atoms with Crippen molar-refractivity contribution in [3.63, 3.8) is 0 Å². The second-order valence-corrected chi connectivity index (χ2v) is 37.1. The smallest absolute Gasteiger partial charge is 0.306 e. The van der Waals surface area contributed by atoms with Crippen molar-refractivity contribution in [1.29, 1.82) is 0 Å². The number of hydrogen-bond donors (Lipinski definition) is 2. The molecule has 0 saturated carbocycles. The molecule has 1 aliphatic heterocycles. The minimum atomic E-state index is -1.61. The van der Waals surface area contributed by atoms with Crippen LogP contribution in [0.2, 0.25) is 51.4 Å². The van der Waals surface area contributed by atoms with Crippen LogP contribution >= 0.6 is 0 Å². The molecule has 0 spiro atoms. The lowest BCUT2D eigenvalue weighted by Gasteiger charge is -2.44. The number of rotatable bonds is 54. The predicted octanol–water partition coefficient (Wildman–Crippen LogP) is 16.3. The van der Waals surface area contributed by atoms with Crippen LogP contribution in [0.15, 0.2) is 0 Å². The third-order valence-corrected chi connectivity index (χ3v) is 19.0. The van der Waals surface area contributed by atoms with Gasteiger partial charge in [0, 0.05) is 35.8 Å². The monoisotopic (exact) mass is 1160 g/mol. The van der Waals surface area contributed by atoms with Gasteiger partial charge in [0.05, 0.1) is 32.5 Å². The van der Waals surface area contributed by atoms with Crippen molar-refractivity contribution in [2.75, 3.05) is 33.7 Å². The Morgan fingerprint density at radius 1 is 0.544 bits per heavy atom. The van der Waals surface area contributed by atoms with Crippen LogP contribution in [-0.4, -0.2) is 116 Å². The van der Waals surface area contributed by atoms with E-state index in [0.29, 0.717) is 19.6 Å². The standard InChI is InChI=1S/C64H125NO12Si2/c1-11-14-17-20-23-26-27-28-31-33-36-39-42-54(41-38-35-32-29-24-21-18-15-12-2)50-60(69)77-63-61(64(73-47-49-79(8,9)10)76-56(62(63)70)52-74-59(68)45-44-58(67)71-4)65-57(66)51-55(75-53-72-46-48-78(5,6)7)43-40-37-34-30-25-22-19-16-13-3/h54-56,61-64,70H,11-53H2,1-10H3,(H,65,66)/t54?,55-,56-,61-,62-,63-,64-/m1/s1. The van der Waals surface area contributed by atoms with Crippen LogP contribution in [0.1, 0.15) is 258 Å². The van der Waals surface area contributed by atoms with Crippen molar-refractivity contribution in [3.8, 4) is 0 Å². The topological polar surface area (TPSA) is 165 Å². The van der Waals surface area contributed by atoms with E-state index in [4.69, 9.17) is 33.2 Å². The summed E-state index contributed by atoms with van der Waals surface area (Å²) >= 11 is 0. The number of aliphatic hydroxyl groups is 1. The summed E-state index contributed by atoms with van der Waals surface area (Å²) in [6.45, 7) is 21.1. The fourth-order valence-corrected chi connectivity index (χ4v) is 11.8. The molecule has 1 amide bonds. The van der Waals surface area contributed by atoms with Gasteiger partial charge in [0.15, 0.2) is 12.4 Å². The van der Waals surface area contributed by atoms with Crippen LogP contribution in [0.25, 0.3) is 0 Å². The molecule has 0 aromatic rings. The number of methoxy groups -OCH3 is 1. The molecular weight excluding hydrogens is 1030 g/mol. The minimum absolute atomic E-state index is 0.0321. The van der Waals surface area contributed by atoms with Crippen molar-refractivity contribution >= 4 is 40.0 Å². The van der Waals surface area contributed by atoms with E-state index in [1.807, 2.05) is 0 Å². The van der Waals surface area contributed by atoms with Gasteiger partial charge >= 0.3 is 17.9 Å². The molecule has 0 aliphatic carbocycles. The summed E-state index contributed by atoms with van der Waals surface area (Å²) < 4.78 is 41.9. The van der Waals surface area contributed by atoms with Crippen LogP contribution in [0.4, 0.5) is 0 Å². The molecule has 0 radical (unpaired) electrons. The average Bonchev–Trinajstić information content (AvgIpc) is 3.46. The number of unbranched alkanes of at least 4 members (excludes halogenated alkanes) is 27. The van der Waals surface area contributed by atoms with E-state index in [1.54, 1.807) is 0 Å². The molecule has 13 nitrogen and oxygen atoms in total. The molecule has 466 valence electrons. The van der Waals surface area contributed by atoms with E-state index in [-0.39, 0.29) is 50.9 Å². The summed E-state index contributed by atoms with van der Waals surface area (Å²) in [4.78, 5) is 53.6. The Hall–Kier alpha value is -1.89. The van der Waals surface area contributed by atoms with Crippen LogP contribution in [0.5, 0.6) is 0 Å². The maximum Gasteiger partial charge on any atom is 0.306 e. The SMILES string of the molecule is CCCCCCCCCCCCCCC(CCCCCCCCCCC)CC(=O)O[C@H]1[C@H](O)[C@@H](COC(=O)CCC(=O)OC)O[C@@H](OCC[Si](C)(C)C)[C@@H]1NC(=O)C[C@@H](CCCCCCCCCCC)OCOCC[Si](C)(C)C. The number of amides is 1. The van der Waals surface area contributed by atoms with Gasteiger partial charge in [-0.25, -0.2) is 0 Å². The van der Waals surface area contributed by atoms with Crippen LogP contribution < -0.4 is 5.32 Å². The summed E-state index contributed by atoms with van der Waals surface area (Å²) in [6.07, 6.45) is 33.8. The van der Waals surface area contributed by atoms with E-state index in [1.165, 1.54) is 155 Å². The van der Waals surface area contributed by atoms with Gasteiger partial charge in [-0.15, -0.1) is 0 Å². The average molecular weight is 1160 g/mol. The summed E-state index contributed by atoms with van der Waals surface area (Å²) in [6, 6.07) is 0.725. The van der Waals surface area contributed by atoms with E-state index in [9.17, 15) is 24.3 Å². The van der Waals surface area contributed by atoms with Crippen LogP contribution in [-0.2, 0) is 52.3 Å². The molecule has 1 fully saturated rings. The van der Waals surface area contributed by atoms with Gasteiger partial charge in [-0.3, -0.25) is 19.2 Å². The molecule has 1 rings (SSSR count). The number of carbonyl (C=O) groups is 4. The second kappa shape index (κ2) is 48.5. The van der Waals surface area contributed by atoms with Crippen LogP contribution in [0, 0.1) is 5.92 Å². The largest absolute Gasteiger partial charge is 0.469 e. The van der Waals surface area contributed by atoms with Gasteiger partial charge in [0.1, 0.15) is 31.6 Å². The maximum atomic E-state index is 14.5. The Morgan fingerprint density at radius 3 is 1.43 bits per heavy atom. The molecule has 1 saturated heterocycles. The highest BCUT2D eigenvalue weighted by atomic mass is 28.3. The second-order valence-electron chi connectivity index (χ2n) is 25.8. The molecule has 1 heterocycles. The molecule has 7 atom stereocenters. The predicted molar refractivity (Wildman–Crippen MR) is 329 cm³/mol. The zero-order valence-corrected chi connectivity index (χ0v) is 54.9. The minimum Gasteiger partial charge on any atom is -0.469 e. The van der Waals surface area contributed by atoms with Gasteiger partial charge in [-0.2, -0.15) is 0 Å². The van der Waals surface area contributed by atoms with Crippen molar-refractivity contribution in [3.05, 3.63) is 0 Å². The highest BCUT2D eigenvalue weighted by Gasteiger charge is 2.49. The molecular formula is C64H125NO12Si2. The van der Waals surface area contributed by atoms with Gasteiger partial charge in [0.2, 0.25) is 5.91 Å². The van der Waals surface area contributed by atoms with E-state index in [2.05, 4.69) is 65.4 Å². The Morgan fingerprint density at radius 2 is 0.975 bits per heavy atom. The highest BCUT2D eigenvalue weighted by Crippen LogP contribution is 2.30. The summed E-state index contributed by atoms with van der Waals surface area (Å²) in [7, 11) is -1.67. The Kier molecular flexibility index (Phi) is 46.1. The first-order valence-corrected chi connectivity index (χ1v) is 40.2. The summed E-state index contributed by atoms with van der Waals surface area (Å²) in [5.41, 5.74) is 0. The van der Waals surface area contributed by atoms with Gasteiger partial charge in [0.25, 0.3) is 0 Å². The number of carbonyl (C=O) groups excluding carboxylic acids is 4. The molecule has 0 aromatic carbocycles. The van der Waals surface area contributed by atoms with Crippen molar-refractivity contribution in [2.45, 2.75) is 346 Å². The first-order valence-electron chi connectivity index (χ1n) is 32.8. The lowest BCUT2D eigenvalue weighted by Crippen LogP contribution is -2.66. The lowest BCUT2D eigenvalue weighted by atomic mass is 9.91. The van der Waals surface area contributed by atoms with Crippen LogP contribution in [0.3, 0.4) is 0 Å². The lowest BCUT2D eigenvalue weighted by molar-refractivity contribution is -0.274. The fourth-order valence-electron chi connectivity index (χ4n) is 10.3. The van der Waals surface area contributed by atoms with Gasteiger partial charge in [-0.1, -0.05) is 253 Å². The van der Waals surface area contributed by atoms with Crippen molar-refractivity contribution < 1.29 is 57.4 Å². The van der Waals surface area contributed by atoms with Gasteiger partial charge < -0.3 is 43.6 Å². The number of aliphatic hydroxyl groups excluding tert-OH is 1. The fraction of sp³-hybridized carbons (Fsp3) is 0.938. The number of hydrogen-bond acceptors (Lipinski definition) is 12. The first-order chi connectivity index (χ1) is 37.9. The normalized spacial score (nSPS) is 18.5. The highest BCUT2D eigenvalue weighted by molar-refractivity contribution is 6.76. The molecule has 0 bridgehead atoms. The first kappa shape index (κ1) is 75.1. The van der Waals surface area contributed by atoms with Gasteiger partial charge in [-0.05, 0) is 37.3 Å². The van der Waals surface area contributed by atoms with E-state index < -0.39 is 70.8 Å². The Bertz CT molecular complexity index is 1490. The van der Waals surface area contributed by atoms with Crippen molar-refractivity contribution in [2.24, 2.45) is 5.92 Å². The number of esters is 3. The summed E-state index contributed by atoms with van der Waals surface area (Å²) in [5.74, 6) is -1.88. The number of ether oxygens (including phenoxy) is 7. The molecule has 15 heteroatoms. The molecule has 2 N–H and O–H groups in total. The molecule has 0 aromatic heterocycles. The number of nitrogens with one attached hydrogen (secondary N) is 1.